The molecule has 0 bridgehead atoms. The minimum absolute atomic E-state index is 0.430. The molecule has 0 fully saturated rings. The number of hydrogen-bond donors (Lipinski definition) is 1. The number of fused-ring (bicyclic) bond motifs is 2. The largest absolute Gasteiger partial charge is 0.359 e. The quantitative estimate of drug-likeness (QED) is 0.812. The number of hydrogen-bond acceptors (Lipinski definition) is 1. The second-order valence-electron chi connectivity index (χ2n) is 6.21. The van der Waals surface area contributed by atoms with E-state index in [-0.39, 0.29) is 0 Å². The molecule has 2 nitrogen and oxygen atoms in total. The molecular weight excluding hydrogens is 288 g/mol. The number of anilines is 1. The van der Waals surface area contributed by atoms with Crippen LogP contribution < -0.4 is 10.2 Å². The Kier molecular flexibility index (Phi) is 3.59. The summed E-state index contributed by atoms with van der Waals surface area (Å²) in [6.07, 6.45) is 4.48. The molecule has 4 rings (SSSR count). The summed E-state index contributed by atoms with van der Waals surface area (Å²) in [6, 6.07) is 17.8. The van der Waals surface area contributed by atoms with Crippen molar-refractivity contribution in [3.05, 3.63) is 65.2 Å². The molecule has 3 heteroatoms. The van der Waals surface area contributed by atoms with Crippen LogP contribution in [0.15, 0.2) is 48.5 Å². The molecule has 22 heavy (non-hydrogen) atoms. The molecule has 2 aromatic carbocycles. The van der Waals surface area contributed by atoms with Crippen molar-refractivity contribution in [1.29, 1.82) is 0 Å². The second-order valence-corrected chi connectivity index (χ2v) is 6.59. The lowest BCUT2D eigenvalue weighted by Crippen LogP contribution is -2.47. The highest BCUT2D eigenvalue weighted by atomic mass is 32.1. The van der Waals surface area contributed by atoms with Gasteiger partial charge < -0.3 is 10.2 Å². The Bertz CT molecular complexity index is 685. The molecule has 1 heterocycles. The molecule has 0 saturated heterocycles. The third kappa shape index (κ3) is 2.50. The maximum absolute atomic E-state index is 5.71. The summed E-state index contributed by atoms with van der Waals surface area (Å²) < 4.78 is 0. The van der Waals surface area contributed by atoms with Gasteiger partial charge in [0.2, 0.25) is 0 Å². The van der Waals surface area contributed by atoms with Crippen LogP contribution in [0, 0.1) is 0 Å². The van der Waals surface area contributed by atoms with Gasteiger partial charge in [0.1, 0.15) is 0 Å². The van der Waals surface area contributed by atoms with Crippen molar-refractivity contribution in [3.8, 4) is 0 Å². The van der Waals surface area contributed by atoms with Crippen molar-refractivity contribution < 1.29 is 0 Å². The summed E-state index contributed by atoms with van der Waals surface area (Å²) in [7, 11) is 0. The van der Waals surface area contributed by atoms with Crippen molar-refractivity contribution in [1.82, 2.24) is 5.32 Å². The first-order chi connectivity index (χ1) is 10.8. The Morgan fingerprint density at radius 2 is 1.59 bits per heavy atom. The molecule has 2 aromatic rings. The Labute approximate surface area is 137 Å². The average Bonchev–Trinajstić information content (AvgIpc) is 2.96. The summed E-state index contributed by atoms with van der Waals surface area (Å²) in [6.45, 7) is 1.02. The standard InChI is InChI=1S/C19H20N2S/c22-19(20-17-12-15-7-1-2-8-16(15)13-17)21-11-5-9-14-6-3-4-10-18(14)21/h1-4,6-8,10,17H,5,9,11-13H2,(H,20,22). The SMILES string of the molecule is S=C(NC1Cc2ccccc2C1)N1CCCc2ccccc21. The summed E-state index contributed by atoms with van der Waals surface area (Å²) >= 11 is 5.71. The molecule has 2 aliphatic rings. The van der Waals surface area contributed by atoms with Crippen LogP contribution in [0.1, 0.15) is 23.1 Å². The number of para-hydroxylation sites is 1. The van der Waals surface area contributed by atoms with Gasteiger partial charge in [0.05, 0.1) is 0 Å². The van der Waals surface area contributed by atoms with E-state index in [2.05, 4.69) is 58.7 Å². The summed E-state index contributed by atoms with van der Waals surface area (Å²) in [5.41, 5.74) is 5.61. The van der Waals surface area contributed by atoms with E-state index in [1.807, 2.05) is 0 Å². The zero-order valence-electron chi connectivity index (χ0n) is 12.6. The Hall–Kier alpha value is -1.87. The Morgan fingerprint density at radius 3 is 2.32 bits per heavy atom. The fourth-order valence-corrected chi connectivity index (χ4v) is 4.01. The van der Waals surface area contributed by atoms with Gasteiger partial charge in [-0.1, -0.05) is 42.5 Å². The predicted octanol–water partition coefficient (Wildman–Crippen LogP) is 3.48. The van der Waals surface area contributed by atoms with Crippen LogP contribution in [0.2, 0.25) is 0 Å². The molecule has 1 aliphatic heterocycles. The van der Waals surface area contributed by atoms with Crippen LogP contribution in [0.5, 0.6) is 0 Å². The van der Waals surface area contributed by atoms with E-state index in [1.165, 1.54) is 28.8 Å². The number of thiocarbonyl (C=S) groups is 1. The number of aryl methyl sites for hydroxylation is 1. The highest BCUT2D eigenvalue weighted by molar-refractivity contribution is 7.80. The van der Waals surface area contributed by atoms with Gasteiger partial charge in [-0.2, -0.15) is 0 Å². The van der Waals surface area contributed by atoms with Crippen LogP contribution in [-0.2, 0) is 19.3 Å². The van der Waals surface area contributed by atoms with Crippen LogP contribution in [0.3, 0.4) is 0 Å². The number of nitrogens with one attached hydrogen (secondary N) is 1. The maximum Gasteiger partial charge on any atom is 0.173 e. The summed E-state index contributed by atoms with van der Waals surface area (Å²) in [5.74, 6) is 0. The van der Waals surface area contributed by atoms with Crippen molar-refractivity contribution in [2.24, 2.45) is 0 Å². The molecule has 0 amide bonds. The van der Waals surface area contributed by atoms with E-state index < -0.39 is 0 Å². The topological polar surface area (TPSA) is 15.3 Å². The number of benzene rings is 2. The molecule has 1 aliphatic carbocycles. The highest BCUT2D eigenvalue weighted by Crippen LogP contribution is 2.27. The fourth-order valence-electron chi connectivity index (χ4n) is 3.66. The third-order valence-electron chi connectivity index (χ3n) is 4.73. The van der Waals surface area contributed by atoms with Gasteiger partial charge in [-0.3, -0.25) is 0 Å². The molecule has 0 saturated carbocycles. The lowest BCUT2D eigenvalue weighted by Gasteiger charge is -2.33. The minimum atomic E-state index is 0.430. The first-order valence-electron chi connectivity index (χ1n) is 8.04. The van der Waals surface area contributed by atoms with Gasteiger partial charge in [-0.15, -0.1) is 0 Å². The molecule has 0 aromatic heterocycles. The van der Waals surface area contributed by atoms with E-state index in [0.29, 0.717) is 6.04 Å². The summed E-state index contributed by atoms with van der Waals surface area (Å²) in [5, 5.41) is 4.47. The van der Waals surface area contributed by atoms with Crippen LogP contribution >= 0.6 is 12.2 Å². The van der Waals surface area contributed by atoms with E-state index in [1.54, 1.807) is 0 Å². The highest BCUT2D eigenvalue weighted by Gasteiger charge is 2.25. The number of nitrogens with zero attached hydrogens (tertiary/aromatic N) is 1. The lowest BCUT2D eigenvalue weighted by molar-refractivity contribution is 0.636. The predicted molar refractivity (Wildman–Crippen MR) is 95.5 cm³/mol. The first-order valence-corrected chi connectivity index (χ1v) is 8.45. The Morgan fingerprint density at radius 1 is 0.955 bits per heavy atom. The van der Waals surface area contributed by atoms with Crippen LogP contribution in [0.4, 0.5) is 5.69 Å². The van der Waals surface area contributed by atoms with Crippen LogP contribution in [-0.4, -0.2) is 17.7 Å². The summed E-state index contributed by atoms with van der Waals surface area (Å²) in [4.78, 5) is 2.27. The molecule has 112 valence electrons. The normalized spacial score (nSPS) is 17.0. The first kappa shape index (κ1) is 13.8. The van der Waals surface area contributed by atoms with Gasteiger partial charge in [0, 0.05) is 18.3 Å². The van der Waals surface area contributed by atoms with Crippen LogP contribution in [0.25, 0.3) is 0 Å². The molecule has 0 unspecified atom stereocenters. The van der Waals surface area contributed by atoms with Gasteiger partial charge in [0.25, 0.3) is 0 Å². The van der Waals surface area contributed by atoms with Crippen molar-refractivity contribution in [3.63, 3.8) is 0 Å². The zero-order valence-corrected chi connectivity index (χ0v) is 13.4. The maximum atomic E-state index is 5.71. The van der Waals surface area contributed by atoms with Crippen molar-refractivity contribution in [2.75, 3.05) is 11.4 Å². The van der Waals surface area contributed by atoms with E-state index in [0.717, 1.165) is 30.9 Å². The zero-order chi connectivity index (χ0) is 14.9. The van der Waals surface area contributed by atoms with Gasteiger partial charge in [-0.05, 0) is 60.7 Å². The molecule has 0 atom stereocenters. The van der Waals surface area contributed by atoms with E-state index in [9.17, 15) is 0 Å². The van der Waals surface area contributed by atoms with Gasteiger partial charge >= 0.3 is 0 Å². The smallest absolute Gasteiger partial charge is 0.173 e. The molecule has 1 N–H and O–H groups in total. The molecule has 0 spiro atoms. The Balaban J connectivity index is 1.48. The molecular formula is C19H20N2S. The van der Waals surface area contributed by atoms with Gasteiger partial charge in [-0.25, -0.2) is 0 Å². The number of rotatable bonds is 1. The van der Waals surface area contributed by atoms with E-state index in [4.69, 9.17) is 12.2 Å². The van der Waals surface area contributed by atoms with E-state index >= 15 is 0 Å². The third-order valence-corrected chi connectivity index (χ3v) is 5.07. The average molecular weight is 308 g/mol. The fraction of sp³-hybridized carbons (Fsp3) is 0.316. The monoisotopic (exact) mass is 308 g/mol. The molecule has 0 radical (unpaired) electrons. The van der Waals surface area contributed by atoms with Gasteiger partial charge in [0.15, 0.2) is 5.11 Å². The lowest BCUT2D eigenvalue weighted by atomic mass is 10.0. The van der Waals surface area contributed by atoms with Crippen molar-refractivity contribution in [2.45, 2.75) is 31.7 Å². The van der Waals surface area contributed by atoms with Crippen molar-refractivity contribution >= 4 is 23.0 Å². The minimum Gasteiger partial charge on any atom is -0.359 e. The second kappa shape index (κ2) is 5.73.